The first-order valence-electron chi connectivity index (χ1n) is 6.43. The lowest BCUT2D eigenvalue weighted by Gasteiger charge is -2.07. The first kappa shape index (κ1) is 15.4. The summed E-state index contributed by atoms with van der Waals surface area (Å²) in [7, 11) is 1.25. The standard InChI is InChI=1S/C16H14N2O4/c1-22-16(20)12-9-5-6-10-13(12)17-15(18-21)14(19)11-7-3-2-4-8-11/h2-10,21H,1H3,(H,17,18). The number of amidine groups is 1. The van der Waals surface area contributed by atoms with Crippen LogP contribution < -0.4 is 5.48 Å². The molecule has 6 heteroatoms. The number of nitrogens with one attached hydrogen (secondary N) is 1. The molecular weight excluding hydrogens is 284 g/mol. The molecule has 0 aliphatic heterocycles. The summed E-state index contributed by atoms with van der Waals surface area (Å²) >= 11 is 0. The van der Waals surface area contributed by atoms with Crippen LogP contribution in [0.2, 0.25) is 0 Å². The molecule has 2 N–H and O–H groups in total. The van der Waals surface area contributed by atoms with E-state index in [1.54, 1.807) is 54.0 Å². The smallest absolute Gasteiger partial charge is 0.340 e. The molecule has 0 atom stereocenters. The van der Waals surface area contributed by atoms with Gasteiger partial charge >= 0.3 is 5.97 Å². The molecule has 0 unspecified atom stereocenters. The Bertz CT molecular complexity index is 711. The van der Waals surface area contributed by atoms with Crippen LogP contribution in [0, 0.1) is 0 Å². The Hall–Kier alpha value is -2.99. The fraction of sp³-hybridized carbons (Fsp3) is 0.0625. The van der Waals surface area contributed by atoms with Gasteiger partial charge in [-0.1, -0.05) is 42.5 Å². The van der Waals surface area contributed by atoms with Crippen LogP contribution in [0.1, 0.15) is 20.7 Å². The second kappa shape index (κ2) is 7.14. The highest BCUT2D eigenvalue weighted by Crippen LogP contribution is 2.20. The molecule has 0 aromatic heterocycles. The van der Waals surface area contributed by atoms with E-state index in [-0.39, 0.29) is 17.1 Å². The predicted molar refractivity (Wildman–Crippen MR) is 80.6 cm³/mol. The monoisotopic (exact) mass is 298 g/mol. The first-order valence-corrected chi connectivity index (χ1v) is 6.43. The van der Waals surface area contributed by atoms with Gasteiger partial charge in [-0.3, -0.25) is 10.0 Å². The molecule has 0 fully saturated rings. The maximum atomic E-state index is 12.3. The summed E-state index contributed by atoms with van der Waals surface area (Å²) in [5.74, 6) is -1.37. The van der Waals surface area contributed by atoms with E-state index < -0.39 is 11.8 Å². The van der Waals surface area contributed by atoms with Gasteiger partial charge in [-0.25, -0.2) is 15.3 Å². The maximum Gasteiger partial charge on any atom is 0.340 e. The number of ether oxygens (including phenoxy) is 1. The molecule has 2 aromatic rings. The molecule has 2 aromatic carbocycles. The van der Waals surface area contributed by atoms with Crippen LogP contribution in [0.25, 0.3) is 0 Å². The summed E-state index contributed by atoms with van der Waals surface area (Å²) in [4.78, 5) is 28.0. The Morgan fingerprint density at radius 1 is 1.05 bits per heavy atom. The Balaban J connectivity index is 2.42. The largest absolute Gasteiger partial charge is 0.465 e. The van der Waals surface area contributed by atoms with Crippen LogP contribution in [0.3, 0.4) is 0 Å². The van der Waals surface area contributed by atoms with Gasteiger partial charge in [0.1, 0.15) is 0 Å². The van der Waals surface area contributed by atoms with Crippen molar-refractivity contribution in [2.45, 2.75) is 0 Å². The third-order valence-electron chi connectivity index (χ3n) is 2.90. The van der Waals surface area contributed by atoms with E-state index in [1.807, 2.05) is 0 Å². The maximum absolute atomic E-state index is 12.3. The fourth-order valence-electron chi connectivity index (χ4n) is 1.83. The van der Waals surface area contributed by atoms with Crippen LogP contribution in [0.5, 0.6) is 0 Å². The zero-order valence-corrected chi connectivity index (χ0v) is 11.8. The van der Waals surface area contributed by atoms with E-state index in [0.29, 0.717) is 5.56 Å². The van der Waals surface area contributed by atoms with E-state index in [0.717, 1.165) is 0 Å². The molecule has 6 nitrogen and oxygen atoms in total. The van der Waals surface area contributed by atoms with Gasteiger partial charge in [0, 0.05) is 5.56 Å². The number of aliphatic imine (C=N–C) groups is 1. The SMILES string of the molecule is COC(=O)c1ccccc1N=C(NO)C(=O)c1ccccc1. The van der Waals surface area contributed by atoms with Gasteiger partial charge in [0.2, 0.25) is 5.78 Å². The van der Waals surface area contributed by atoms with Gasteiger partial charge in [0.25, 0.3) is 0 Å². The molecule has 0 amide bonds. The number of para-hydroxylation sites is 1. The number of hydroxylamine groups is 1. The number of methoxy groups -OCH3 is 1. The van der Waals surface area contributed by atoms with Crippen molar-refractivity contribution in [1.29, 1.82) is 0 Å². The highest BCUT2D eigenvalue weighted by molar-refractivity contribution is 6.45. The van der Waals surface area contributed by atoms with Crippen LogP contribution in [0.15, 0.2) is 59.6 Å². The third kappa shape index (κ3) is 3.36. The topological polar surface area (TPSA) is 88.0 Å². The minimum Gasteiger partial charge on any atom is -0.465 e. The normalized spacial score (nSPS) is 10.9. The molecule has 2 rings (SSSR count). The second-order valence-electron chi connectivity index (χ2n) is 4.28. The van der Waals surface area contributed by atoms with E-state index in [1.165, 1.54) is 13.2 Å². The molecule has 0 spiro atoms. The number of nitrogens with zero attached hydrogens (tertiary/aromatic N) is 1. The van der Waals surface area contributed by atoms with Crippen molar-refractivity contribution in [2.75, 3.05) is 7.11 Å². The molecule has 0 aliphatic rings. The number of esters is 1. The summed E-state index contributed by atoms with van der Waals surface area (Å²) < 4.78 is 4.66. The number of hydrogen-bond acceptors (Lipinski definition) is 5. The summed E-state index contributed by atoms with van der Waals surface area (Å²) in [5, 5.41) is 9.19. The zero-order valence-electron chi connectivity index (χ0n) is 11.8. The van der Waals surface area contributed by atoms with Crippen molar-refractivity contribution in [3.8, 4) is 0 Å². The second-order valence-corrected chi connectivity index (χ2v) is 4.28. The summed E-state index contributed by atoms with van der Waals surface area (Å²) in [6.45, 7) is 0. The summed E-state index contributed by atoms with van der Waals surface area (Å²) in [5.41, 5.74) is 2.55. The van der Waals surface area contributed by atoms with Crippen molar-refractivity contribution < 1.29 is 19.5 Å². The van der Waals surface area contributed by atoms with Crippen molar-refractivity contribution in [1.82, 2.24) is 5.48 Å². The number of Topliss-reactive ketones (excluding diaryl/α,β-unsaturated/α-hetero) is 1. The molecular formula is C16H14N2O4. The lowest BCUT2D eigenvalue weighted by atomic mass is 10.1. The van der Waals surface area contributed by atoms with E-state index in [9.17, 15) is 14.8 Å². The lowest BCUT2D eigenvalue weighted by molar-refractivity contribution is 0.0601. The summed E-state index contributed by atoms with van der Waals surface area (Å²) in [6, 6.07) is 14.7. The molecule has 0 aliphatic carbocycles. The number of benzene rings is 2. The van der Waals surface area contributed by atoms with Crippen LogP contribution >= 0.6 is 0 Å². The minimum absolute atomic E-state index is 0.193. The number of carbonyl (C=O) groups is 2. The predicted octanol–water partition coefficient (Wildman–Crippen LogP) is 2.36. The van der Waals surface area contributed by atoms with Crippen molar-refractivity contribution in [2.24, 2.45) is 4.99 Å². The van der Waals surface area contributed by atoms with Gasteiger partial charge in [0.05, 0.1) is 18.4 Å². The van der Waals surface area contributed by atoms with Gasteiger partial charge in [-0.05, 0) is 12.1 Å². The molecule has 0 radical (unpaired) electrons. The number of ketones is 1. The van der Waals surface area contributed by atoms with Crippen LogP contribution in [0.4, 0.5) is 5.69 Å². The number of hydrogen-bond donors (Lipinski definition) is 2. The Morgan fingerprint density at radius 3 is 2.32 bits per heavy atom. The highest BCUT2D eigenvalue weighted by atomic mass is 16.5. The molecule has 22 heavy (non-hydrogen) atoms. The molecule has 0 heterocycles. The first-order chi connectivity index (χ1) is 10.7. The Morgan fingerprint density at radius 2 is 1.68 bits per heavy atom. The van der Waals surface area contributed by atoms with Crippen LogP contribution in [-0.2, 0) is 4.74 Å². The molecule has 0 saturated heterocycles. The van der Waals surface area contributed by atoms with Gasteiger partial charge < -0.3 is 4.74 Å². The molecule has 112 valence electrons. The quantitative estimate of drug-likeness (QED) is 0.297. The average Bonchev–Trinajstić information content (AvgIpc) is 2.59. The Kier molecular flexibility index (Phi) is 5.00. The van der Waals surface area contributed by atoms with Gasteiger partial charge in [-0.15, -0.1) is 0 Å². The average molecular weight is 298 g/mol. The zero-order chi connectivity index (χ0) is 15.9. The van der Waals surface area contributed by atoms with E-state index >= 15 is 0 Å². The third-order valence-corrected chi connectivity index (χ3v) is 2.90. The van der Waals surface area contributed by atoms with E-state index in [2.05, 4.69) is 9.73 Å². The number of carbonyl (C=O) groups excluding carboxylic acids is 2. The van der Waals surface area contributed by atoms with Crippen molar-refractivity contribution in [3.63, 3.8) is 0 Å². The van der Waals surface area contributed by atoms with Gasteiger partial charge in [-0.2, -0.15) is 0 Å². The summed E-state index contributed by atoms with van der Waals surface area (Å²) in [6.07, 6.45) is 0. The van der Waals surface area contributed by atoms with Crippen molar-refractivity contribution >= 4 is 23.3 Å². The lowest BCUT2D eigenvalue weighted by Crippen LogP contribution is -2.28. The molecule has 0 bridgehead atoms. The highest BCUT2D eigenvalue weighted by Gasteiger charge is 2.16. The molecule has 0 saturated carbocycles. The minimum atomic E-state index is -0.580. The van der Waals surface area contributed by atoms with E-state index in [4.69, 9.17) is 0 Å². The fourth-order valence-corrected chi connectivity index (χ4v) is 1.83. The van der Waals surface area contributed by atoms with Crippen LogP contribution in [-0.4, -0.2) is 29.9 Å². The van der Waals surface area contributed by atoms with Gasteiger partial charge in [0.15, 0.2) is 5.84 Å². The van der Waals surface area contributed by atoms with Crippen molar-refractivity contribution in [3.05, 3.63) is 65.7 Å². The Labute approximate surface area is 127 Å². The number of rotatable bonds is 4.